The molecule has 5 heteroatoms. The Labute approximate surface area is 154 Å². The van der Waals surface area contributed by atoms with Gasteiger partial charge in [-0.05, 0) is 63.5 Å². The molecular weight excluding hydrogens is 326 g/mol. The van der Waals surface area contributed by atoms with E-state index in [4.69, 9.17) is 4.74 Å². The number of ether oxygens (including phenoxy) is 1. The second-order valence-corrected chi connectivity index (χ2v) is 7.86. The fourth-order valence-electron chi connectivity index (χ4n) is 3.92. The monoisotopic (exact) mass is 353 g/mol. The molecule has 0 saturated heterocycles. The lowest BCUT2D eigenvalue weighted by Crippen LogP contribution is -2.18. The maximum Gasteiger partial charge on any atom is 0.220 e. The van der Waals surface area contributed by atoms with Crippen LogP contribution in [0.1, 0.15) is 66.6 Å². The van der Waals surface area contributed by atoms with Crippen LogP contribution in [0.3, 0.4) is 0 Å². The van der Waals surface area contributed by atoms with E-state index >= 15 is 0 Å². The third-order valence-corrected chi connectivity index (χ3v) is 5.71. The van der Waals surface area contributed by atoms with E-state index in [2.05, 4.69) is 34.0 Å². The maximum atomic E-state index is 9.76. The van der Waals surface area contributed by atoms with Gasteiger partial charge in [-0.3, -0.25) is 4.98 Å². The SMILES string of the molecule is Cc1ccc(C2C[C@@H]2COc2nc(C)ncc2[C@H]2CC[C@H](O)CC2)nc1. The Bertz CT molecular complexity index is 754. The van der Waals surface area contributed by atoms with Gasteiger partial charge in [-0.1, -0.05) is 6.07 Å². The number of pyridine rings is 1. The number of nitrogens with zero attached hydrogens (tertiary/aromatic N) is 3. The van der Waals surface area contributed by atoms with E-state index in [1.54, 1.807) is 0 Å². The van der Waals surface area contributed by atoms with Gasteiger partial charge in [-0.15, -0.1) is 0 Å². The first-order valence-corrected chi connectivity index (χ1v) is 9.67. The summed E-state index contributed by atoms with van der Waals surface area (Å²) in [5.41, 5.74) is 3.47. The molecule has 2 saturated carbocycles. The molecule has 138 valence electrons. The minimum atomic E-state index is -0.156. The summed E-state index contributed by atoms with van der Waals surface area (Å²) in [4.78, 5) is 13.5. The lowest BCUT2D eigenvalue weighted by Gasteiger charge is -2.26. The van der Waals surface area contributed by atoms with E-state index in [0.29, 0.717) is 24.4 Å². The number of aliphatic hydroxyl groups is 1. The van der Waals surface area contributed by atoms with Crippen molar-refractivity contribution in [2.75, 3.05) is 6.61 Å². The number of aryl methyl sites for hydroxylation is 2. The molecular formula is C21H27N3O2. The molecule has 2 atom stereocenters. The smallest absolute Gasteiger partial charge is 0.220 e. The van der Waals surface area contributed by atoms with E-state index in [9.17, 15) is 5.11 Å². The Morgan fingerprint density at radius 3 is 2.62 bits per heavy atom. The molecule has 0 amide bonds. The van der Waals surface area contributed by atoms with Crippen LogP contribution < -0.4 is 4.74 Å². The Morgan fingerprint density at radius 2 is 1.88 bits per heavy atom. The minimum absolute atomic E-state index is 0.156. The van der Waals surface area contributed by atoms with Crippen molar-refractivity contribution >= 4 is 0 Å². The van der Waals surface area contributed by atoms with E-state index in [-0.39, 0.29) is 6.10 Å². The maximum absolute atomic E-state index is 9.76. The van der Waals surface area contributed by atoms with Gasteiger partial charge in [0, 0.05) is 35.5 Å². The van der Waals surface area contributed by atoms with Crippen LogP contribution in [0.15, 0.2) is 24.5 Å². The first-order valence-electron chi connectivity index (χ1n) is 9.67. The molecule has 2 heterocycles. The van der Waals surface area contributed by atoms with E-state index in [0.717, 1.165) is 49.4 Å². The summed E-state index contributed by atoms with van der Waals surface area (Å²) in [5.74, 6) is 2.89. The van der Waals surface area contributed by atoms with Crippen molar-refractivity contribution in [3.63, 3.8) is 0 Å². The van der Waals surface area contributed by atoms with Crippen molar-refractivity contribution in [3.05, 3.63) is 47.2 Å². The zero-order valence-corrected chi connectivity index (χ0v) is 15.6. The zero-order chi connectivity index (χ0) is 18.1. The van der Waals surface area contributed by atoms with Crippen LogP contribution in [-0.4, -0.2) is 32.8 Å². The summed E-state index contributed by atoms with van der Waals surface area (Å²) < 4.78 is 6.16. The Hall–Kier alpha value is -2.01. The van der Waals surface area contributed by atoms with Gasteiger partial charge in [0.1, 0.15) is 5.82 Å². The Kier molecular flexibility index (Phi) is 4.90. The summed E-state index contributed by atoms with van der Waals surface area (Å²) in [6.45, 7) is 4.64. The summed E-state index contributed by atoms with van der Waals surface area (Å²) in [5, 5.41) is 9.76. The molecule has 0 bridgehead atoms. The first kappa shape index (κ1) is 17.4. The molecule has 0 aromatic carbocycles. The second kappa shape index (κ2) is 7.31. The van der Waals surface area contributed by atoms with Gasteiger partial charge in [0.2, 0.25) is 5.88 Å². The standard InChI is InChI=1S/C21H27N3O2/c1-13-3-8-20(23-10-13)18-9-16(18)12-26-21-19(11-22-14(2)24-21)15-4-6-17(25)7-5-15/h3,8,10-11,15-18,25H,4-7,9,12H2,1-2H3/t15-,16-,17-,18?/m1/s1. The molecule has 2 aliphatic rings. The van der Waals surface area contributed by atoms with Crippen LogP contribution >= 0.6 is 0 Å². The van der Waals surface area contributed by atoms with Crippen molar-refractivity contribution < 1.29 is 9.84 Å². The quantitative estimate of drug-likeness (QED) is 0.888. The molecule has 2 aromatic heterocycles. The van der Waals surface area contributed by atoms with Gasteiger partial charge in [-0.25, -0.2) is 4.98 Å². The number of aliphatic hydroxyl groups excluding tert-OH is 1. The van der Waals surface area contributed by atoms with Gasteiger partial charge in [0.05, 0.1) is 12.7 Å². The van der Waals surface area contributed by atoms with Crippen LogP contribution in [-0.2, 0) is 0 Å². The van der Waals surface area contributed by atoms with Gasteiger partial charge >= 0.3 is 0 Å². The number of hydrogen-bond donors (Lipinski definition) is 1. The van der Waals surface area contributed by atoms with Gasteiger partial charge in [0.15, 0.2) is 0 Å². The lowest BCUT2D eigenvalue weighted by atomic mass is 9.83. The molecule has 4 rings (SSSR count). The molecule has 2 aliphatic carbocycles. The minimum Gasteiger partial charge on any atom is -0.477 e. The predicted octanol–water partition coefficient (Wildman–Crippen LogP) is 3.69. The van der Waals surface area contributed by atoms with Gasteiger partial charge in [0.25, 0.3) is 0 Å². The van der Waals surface area contributed by atoms with Crippen molar-refractivity contribution in [1.82, 2.24) is 15.0 Å². The Balaban J connectivity index is 1.40. The molecule has 26 heavy (non-hydrogen) atoms. The molecule has 2 fully saturated rings. The van der Waals surface area contributed by atoms with Crippen LogP contribution in [0.2, 0.25) is 0 Å². The fraction of sp³-hybridized carbons (Fsp3) is 0.571. The summed E-state index contributed by atoms with van der Waals surface area (Å²) in [6.07, 6.45) is 8.48. The fourth-order valence-corrected chi connectivity index (χ4v) is 3.92. The molecule has 0 radical (unpaired) electrons. The summed E-state index contributed by atoms with van der Waals surface area (Å²) in [6, 6.07) is 4.26. The highest BCUT2D eigenvalue weighted by molar-refractivity contribution is 5.29. The molecule has 0 spiro atoms. The molecule has 0 aliphatic heterocycles. The Morgan fingerprint density at radius 1 is 1.08 bits per heavy atom. The van der Waals surface area contributed by atoms with Crippen LogP contribution in [0, 0.1) is 19.8 Å². The number of rotatable bonds is 5. The average Bonchev–Trinajstić information content (AvgIpc) is 3.41. The van der Waals surface area contributed by atoms with Crippen LogP contribution in [0.4, 0.5) is 0 Å². The van der Waals surface area contributed by atoms with Crippen LogP contribution in [0.5, 0.6) is 5.88 Å². The van der Waals surface area contributed by atoms with Gasteiger partial charge in [-0.2, -0.15) is 4.98 Å². The molecule has 5 nitrogen and oxygen atoms in total. The van der Waals surface area contributed by atoms with Crippen molar-refractivity contribution in [2.24, 2.45) is 5.92 Å². The highest BCUT2D eigenvalue weighted by Crippen LogP contribution is 2.47. The highest BCUT2D eigenvalue weighted by Gasteiger charge is 2.40. The molecule has 2 aromatic rings. The summed E-state index contributed by atoms with van der Waals surface area (Å²) >= 11 is 0. The third kappa shape index (κ3) is 3.88. The van der Waals surface area contributed by atoms with Crippen LogP contribution in [0.25, 0.3) is 0 Å². The average molecular weight is 353 g/mol. The molecule has 1 N–H and O–H groups in total. The highest BCUT2D eigenvalue weighted by atomic mass is 16.5. The predicted molar refractivity (Wildman–Crippen MR) is 99.3 cm³/mol. The second-order valence-electron chi connectivity index (χ2n) is 7.86. The third-order valence-electron chi connectivity index (χ3n) is 5.71. The first-order chi connectivity index (χ1) is 12.6. The van der Waals surface area contributed by atoms with Crippen molar-refractivity contribution in [1.29, 1.82) is 0 Å². The van der Waals surface area contributed by atoms with E-state index < -0.39 is 0 Å². The normalized spacial score (nSPS) is 28.0. The number of hydrogen-bond acceptors (Lipinski definition) is 5. The topological polar surface area (TPSA) is 68.1 Å². The summed E-state index contributed by atoms with van der Waals surface area (Å²) in [7, 11) is 0. The largest absolute Gasteiger partial charge is 0.477 e. The van der Waals surface area contributed by atoms with Gasteiger partial charge < -0.3 is 9.84 Å². The lowest BCUT2D eigenvalue weighted by molar-refractivity contribution is 0.121. The van der Waals surface area contributed by atoms with E-state index in [1.807, 2.05) is 19.3 Å². The van der Waals surface area contributed by atoms with E-state index in [1.165, 1.54) is 11.3 Å². The number of aromatic nitrogens is 3. The zero-order valence-electron chi connectivity index (χ0n) is 15.6. The van der Waals surface area contributed by atoms with Crippen molar-refractivity contribution in [3.8, 4) is 5.88 Å². The molecule has 1 unspecified atom stereocenters. The van der Waals surface area contributed by atoms with Crippen molar-refractivity contribution in [2.45, 2.75) is 63.9 Å².